The number of nitrogens with one attached hydrogen (secondary N) is 1. The molecule has 0 aliphatic rings. The summed E-state index contributed by atoms with van der Waals surface area (Å²) in [5.74, 6) is -4.39. The third kappa shape index (κ3) is 3.62. The smallest absolute Gasteiger partial charge is 0.471 e. The van der Waals surface area contributed by atoms with Crippen LogP contribution in [-0.4, -0.2) is 47.0 Å². The normalized spacial score (nSPS) is 11.0. The van der Waals surface area contributed by atoms with Crippen molar-refractivity contribution in [3.63, 3.8) is 0 Å². The van der Waals surface area contributed by atoms with Crippen LogP contribution in [0.15, 0.2) is 12.1 Å². The molecule has 0 atom stereocenters. The molecule has 0 aromatic heterocycles. The second kappa shape index (κ2) is 5.87. The predicted octanol–water partition coefficient (Wildman–Crippen LogP) is 1.50. The van der Waals surface area contributed by atoms with Crippen molar-refractivity contribution in [2.75, 3.05) is 19.4 Å². The molecule has 11 heteroatoms. The molecular weight excluding hydrogens is 311 g/mol. The zero-order chi connectivity index (χ0) is 17.2. The molecule has 0 aliphatic heterocycles. The van der Waals surface area contributed by atoms with E-state index >= 15 is 0 Å². The van der Waals surface area contributed by atoms with Crippen LogP contribution in [0.25, 0.3) is 0 Å². The average Bonchev–Trinajstić information content (AvgIpc) is 2.38. The van der Waals surface area contributed by atoms with Crippen LogP contribution in [0.5, 0.6) is 5.75 Å². The third-order valence-electron chi connectivity index (χ3n) is 2.45. The van der Waals surface area contributed by atoms with Crippen molar-refractivity contribution in [2.24, 2.45) is 0 Å². The number of nitro benzene ring substituents is 1. The van der Waals surface area contributed by atoms with Crippen LogP contribution >= 0.6 is 0 Å². The second-order valence-corrected chi connectivity index (χ2v) is 4.30. The molecule has 0 spiro atoms. The summed E-state index contributed by atoms with van der Waals surface area (Å²) in [6, 6.07) is 1.19. The standard InChI is InChI=1S/C11H10F3N3O5/c1-16(2)9(19)6-3-5(17(21)22)4-7(18)8(6)15-10(20)11(12,13)14/h3-4,18H,1-2H3,(H,15,20). The van der Waals surface area contributed by atoms with Crippen molar-refractivity contribution in [1.82, 2.24) is 4.90 Å². The van der Waals surface area contributed by atoms with Gasteiger partial charge in [-0.2, -0.15) is 13.2 Å². The Balaban J connectivity index is 3.45. The van der Waals surface area contributed by atoms with E-state index in [1.807, 2.05) is 0 Å². The van der Waals surface area contributed by atoms with Gasteiger partial charge in [0.2, 0.25) is 0 Å². The number of aromatic hydroxyl groups is 1. The Morgan fingerprint density at radius 3 is 2.27 bits per heavy atom. The number of nitrogens with zero attached hydrogens (tertiary/aromatic N) is 2. The topological polar surface area (TPSA) is 113 Å². The van der Waals surface area contributed by atoms with E-state index in [0.29, 0.717) is 12.1 Å². The number of amides is 2. The van der Waals surface area contributed by atoms with E-state index in [9.17, 15) is 38.0 Å². The first-order valence-electron chi connectivity index (χ1n) is 5.56. The van der Waals surface area contributed by atoms with Crippen molar-refractivity contribution >= 4 is 23.2 Å². The number of hydrogen-bond acceptors (Lipinski definition) is 5. The van der Waals surface area contributed by atoms with Gasteiger partial charge in [-0.1, -0.05) is 0 Å². The number of alkyl halides is 3. The maximum atomic E-state index is 12.3. The lowest BCUT2D eigenvalue weighted by Gasteiger charge is -2.16. The number of benzene rings is 1. The van der Waals surface area contributed by atoms with Gasteiger partial charge in [0.05, 0.1) is 22.2 Å². The van der Waals surface area contributed by atoms with Crippen LogP contribution in [0.2, 0.25) is 0 Å². The Morgan fingerprint density at radius 1 is 1.32 bits per heavy atom. The number of non-ortho nitro benzene ring substituents is 1. The van der Waals surface area contributed by atoms with Crippen LogP contribution in [-0.2, 0) is 4.79 Å². The fourth-order valence-electron chi connectivity index (χ4n) is 1.44. The van der Waals surface area contributed by atoms with Gasteiger partial charge in [0.25, 0.3) is 11.6 Å². The number of anilines is 1. The van der Waals surface area contributed by atoms with E-state index in [2.05, 4.69) is 0 Å². The molecule has 1 aromatic carbocycles. The molecule has 0 heterocycles. The molecule has 0 saturated heterocycles. The molecule has 1 aromatic rings. The van der Waals surface area contributed by atoms with Gasteiger partial charge in [0.1, 0.15) is 5.75 Å². The van der Waals surface area contributed by atoms with Crippen molar-refractivity contribution in [2.45, 2.75) is 6.18 Å². The van der Waals surface area contributed by atoms with Gasteiger partial charge in [-0.3, -0.25) is 19.7 Å². The van der Waals surface area contributed by atoms with Crippen LogP contribution in [0.3, 0.4) is 0 Å². The molecule has 2 N–H and O–H groups in total. The zero-order valence-corrected chi connectivity index (χ0v) is 11.3. The van der Waals surface area contributed by atoms with Gasteiger partial charge in [-0.15, -0.1) is 0 Å². The highest BCUT2D eigenvalue weighted by Crippen LogP contribution is 2.34. The number of carbonyl (C=O) groups excluding carboxylic acids is 2. The molecule has 0 unspecified atom stereocenters. The SMILES string of the molecule is CN(C)C(=O)c1cc([N+](=O)[O-])cc(O)c1NC(=O)C(F)(F)F. The monoisotopic (exact) mass is 321 g/mol. The highest BCUT2D eigenvalue weighted by Gasteiger charge is 2.40. The molecule has 22 heavy (non-hydrogen) atoms. The maximum Gasteiger partial charge on any atom is 0.471 e. The largest absolute Gasteiger partial charge is 0.505 e. The number of nitro groups is 1. The fraction of sp³-hybridized carbons (Fsp3) is 0.273. The fourth-order valence-corrected chi connectivity index (χ4v) is 1.44. The van der Waals surface area contributed by atoms with Gasteiger partial charge in [0.15, 0.2) is 0 Å². The number of phenols is 1. The number of carbonyl (C=O) groups is 2. The first-order valence-corrected chi connectivity index (χ1v) is 5.56. The van der Waals surface area contributed by atoms with Crippen LogP contribution < -0.4 is 5.32 Å². The van der Waals surface area contributed by atoms with Crippen LogP contribution in [0.1, 0.15) is 10.4 Å². The van der Waals surface area contributed by atoms with Crippen molar-refractivity contribution in [1.29, 1.82) is 0 Å². The van der Waals surface area contributed by atoms with E-state index in [1.54, 1.807) is 0 Å². The number of rotatable bonds is 3. The van der Waals surface area contributed by atoms with Gasteiger partial charge in [-0.05, 0) is 0 Å². The molecule has 0 aliphatic carbocycles. The lowest BCUT2D eigenvalue weighted by atomic mass is 10.1. The molecule has 0 radical (unpaired) electrons. The predicted molar refractivity (Wildman–Crippen MR) is 67.5 cm³/mol. The molecular formula is C11H10F3N3O5. The van der Waals surface area contributed by atoms with Crippen molar-refractivity contribution in [3.05, 3.63) is 27.8 Å². The molecule has 120 valence electrons. The molecule has 0 fully saturated rings. The number of phenolic OH excluding ortho intramolecular Hbond substituents is 1. The van der Waals surface area contributed by atoms with E-state index < -0.39 is 45.6 Å². The summed E-state index contributed by atoms with van der Waals surface area (Å²) in [5.41, 5.74) is -2.21. The summed E-state index contributed by atoms with van der Waals surface area (Å²) in [6.07, 6.45) is -5.26. The Hall–Kier alpha value is -2.85. The maximum absolute atomic E-state index is 12.3. The second-order valence-electron chi connectivity index (χ2n) is 4.30. The highest BCUT2D eigenvalue weighted by molar-refractivity contribution is 6.06. The first-order chi connectivity index (χ1) is 9.95. The summed E-state index contributed by atoms with van der Waals surface area (Å²) < 4.78 is 36.8. The van der Waals surface area contributed by atoms with Gasteiger partial charge < -0.3 is 15.3 Å². The van der Waals surface area contributed by atoms with E-state index in [4.69, 9.17) is 0 Å². The zero-order valence-electron chi connectivity index (χ0n) is 11.3. The summed E-state index contributed by atoms with van der Waals surface area (Å²) in [7, 11) is 2.49. The number of hydrogen-bond donors (Lipinski definition) is 2. The van der Waals surface area contributed by atoms with Crippen LogP contribution in [0.4, 0.5) is 24.5 Å². The molecule has 0 saturated carbocycles. The van der Waals surface area contributed by atoms with Crippen LogP contribution in [0, 0.1) is 10.1 Å². The Labute approximate surface area is 121 Å². The molecule has 0 bridgehead atoms. The minimum Gasteiger partial charge on any atom is -0.505 e. The quantitative estimate of drug-likeness (QED) is 0.498. The Morgan fingerprint density at radius 2 is 1.86 bits per heavy atom. The van der Waals surface area contributed by atoms with E-state index in [0.717, 1.165) is 4.90 Å². The van der Waals surface area contributed by atoms with Gasteiger partial charge in [0, 0.05) is 20.2 Å². The minimum absolute atomic E-state index is 0.526. The highest BCUT2D eigenvalue weighted by atomic mass is 19.4. The summed E-state index contributed by atoms with van der Waals surface area (Å²) in [4.78, 5) is 33.5. The molecule has 1 rings (SSSR count). The summed E-state index contributed by atoms with van der Waals surface area (Å²) in [6.45, 7) is 0. The van der Waals surface area contributed by atoms with Gasteiger partial charge >= 0.3 is 12.1 Å². The van der Waals surface area contributed by atoms with Crippen molar-refractivity contribution < 1.29 is 32.8 Å². The lowest BCUT2D eigenvalue weighted by Crippen LogP contribution is -2.31. The van der Waals surface area contributed by atoms with E-state index in [-0.39, 0.29) is 0 Å². The average molecular weight is 321 g/mol. The number of halogens is 3. The summed E-state index contributed by atoms with van der Waals surface area (Å²) >= 11 is 0. The molecule has 2 amide bonds. The Bertz CT molecular complexity index is 643. The Kier molecular flexibility index (Phi) is 4.59. The van der Waals surface area contributed by atoms with Gasteiger partial charge in [-0.25, -0.2) is 0 Å². The van der Waals surface area contributed by atoms with Crippen molar-refractivity contribution in [3.8, 4) is 5.75 Å². The first kappa shape index (κ1) is 17.2. The summed E-state index contributed by atoms with van der Waals surface area (Å²) in [5, 5.41) is 21.6. The van der Waals surface area contributed by atoms with E-state index in [1.165, 1.54) is 19.4 Å². The minimum atomic E-state index is -5.26. The molecule has 8 nitrogen and oxygen atoms in total. The lowest BCUT2D eigenvalue weighted by molar-refractivity contribution is -0.384. The third-order valence-corrected chi connectivity index (χ3v) is 2.45.